The molecule has 0 aliphatic rings. The lowest BCUT2D eigenvalue weighted by Crippen LogP contribution is -2.78. The lowest BCUT2D eigenvalue weighted by Gasteiger charge is -2.39. The second-order valence-corrected chi connectivity index (χ2v) is 5.73. The normalized spacial score (nSPS) is 11.2. The van der Waals surface area contributed by atoms with E-state index in [9.17, 15) is 18.0 Å². The highest BCUT2D eigenvalue weighted by molar-refractivity contribution is 7.87. The first-order chi connectivity index (χ1) is 11.3. The predicted molar refractivity (Wildman–Crippen MR) is 90.2 cm³/mol. The van der Waals surface area contributed by atoms with Crippen LogP contribution in [0.1, 0.15) is 0 Å². The van der Waals surface area contributed by atoms with Crippen molar-refractivity contribution in [3.8, 4) is 0 Å². The van der Waals surface area contributed by atoms with E-state index in [2.05, 4.69) is 35.3 Å². The van der Waals surface area contributed by atoms with Crippen molar-refractivity contribution in [2.24, 2.45) is 28.1 Å². The van der Waals surface area contributed by atoms with Crippen molar-refractivity contribution in [2.75, 3.05) is 0 Å². The van der Waals surface area contributed by atoms with Crippen LogP contribution in [-0.4, -0.2) is 46.4 Å². The average Bonchev–Trinajstić information content (AvgIpc) is 2.33. The monoisotopic (exact) mass is 420 g/mol. The summed E-state index contributed by atoms with van der Waals surface area (Å²) in [6, 6.07) is -2.31. The molecule has 16 N–H and O–H groups in total. The molecule has 0 aromatic carbocycles. The fourth-order valence-corrected chi connectivity index (χ4v) is 1.50. The number of hydrazine groups is 8. The molecule has 0 fully saturated rings. The van der Waals surface area contributed by atoms with Crippen LogP contribution in [0.5, 0.6) is 0 Å². The van der Waals surface area contributed by atoms with E-state index in [-0.39, 0.29) is 0 Å². The first-order valence-electron chi connectivity index (χ1n) is 5.51. The second-order valence-electron chi connectivity index (χ2n) is 3.58. The average molecular weight is 420 g/mol. The summed E-state index contributed by atoms with van der Waals surface area (Å²) in [7, 11) is -4.43. The standard InChI is InChI=1S/C4H16N14O4S3/c5-1(19)10-14-18(16(11-2(6)20)12-3(7)23)17(13-4(8)24)15-25(9,21)22/h14-15H,(H3,5,10,19)(H3,6,11,20)(H3,7,12,23)(H3,8,13,24)(H2,9,21,22). The highest BCUT2D eigenvalue weighted by atomic mass is 32.2. The van der Waals surface area contributed by atoms with Gasteiger partial charge < -0.3 is 22.9 Å². The maximum absolute atomic E-state index is 11.3. The number of rotatable bonds is 9. The summed E-state index contributed by atoms with van der Waals surface area (Å²) < 4.78 is 22.5. The van der Waals surface area contributed by atoms with Gasteiger partial charge >= 0.3 is 12.1 Å². The third-order valence-electron chi connectivity index (χ3n) is 1.52. The van der Waals surface area contributed by atoms with Crippen molar-refractivity contribution < 1.29 is 18.0 Å². The van der Waals surface area contributed by atoms with Gasteiger partial charge in [0.15, 0.2) is 10.2 Å². The van der Waals surface area contributed by atoms with E-state index < -0.39 is 32.5 Å². The van der Waals surface area contributed by atoms with Crippen LogP contribution in [0.15, 0.2) is 0 Å². The molecule has 0 spiro atoms. The third kappa shape index (κ3) is 10.9. The quantitative estimate of drug-likeness (QED) is 0.122. The van der Waals surface area contributed by atoms with E-state index in [1.165, 1.54) is 0 Å². The van der Waals surface area contributed by atoms with Crippen LogP contribution >= 0.6 is 24.4 Å². The number of nitrogens with one attached hydrogen (secondary N) is 6. The number of nitrogens with two attached hydrogens (primary N) is 5. The van der Waals surface area contributed by atoms with Crippen molar-refractivity contribution in [1.29, 1.82) is 0 Å². The minimum absolute atomic E-state index is 0.328. The van der Waals surface area contributed by atoms with E-state index >= 15 is 0 Å². The summed E-state index contributed by atoms with van der Waals surface area (Å²) in [6.07, 6.45) is 0. The Balaban J connectivity index is 5.79. The van der Waals surface area contributed by atoms with Crippen LogP contribution in [-0.2, 0) is 10.2 Å². The maximum Gasteiger partial charge on any atom is 0.329 e. The van der Waals surface area contributed by atoms with Crippen molar-refractivity contribution in [1.82, 2.24) is 47.7 Å². The first-order valence-corrected chi connectivity index (χ1v) is 7.88. The van der Waals surface area contributed by atoms with Gasteiger partial charge in [0.05, 0.1) is 0 Å². The van der Waals surface area contributed by atoms with Gasteiger partial charge in [-0.25, -0.2) is 20.2 Å². The Morgan fingerprint density at radius 3 is 1.68 bits per heavy atom. The van der Waals surface area contributed by atoms with Gasteiger partial charge in [0.25, 0.3) is 10.2 Å². The second kappa shape index (κ2) is 9.81. The molecule has 0 saturated heterocycles. The summed E-state index contributed by atoms with van der Waals surface area (Å²) in [6.45, 7) is 0. The van der Waals surface area contributed by atoms with Crippen LogP contribution < -0.4 is 60.1 Å². The molecule has 0 atom stereocenters. The Hall–Kier alpha value is -2.37. The summed E-state index contributed by atoms with van der Waals surface area (Å²) in [4.78, 5) is 23.6. The molecule has 0 unspecified atom stereocenters. The fraction of sp³-hybridized carbons (Fsp3) is 0. The predicted octanol–water partition coefficient (Wildman–Crippen LogP) is -6.40. The number of nitrogens with zero attached hydrogens (tertiary/aromatic N) is 3. The lowest BCUT2D eigenvalue weighted by atomic mass is 11.1. The van der Waals surface area contributed by atoms with Crippen LogP contribution in [0.2, 0.25) is 0 Å². The van der Waals surface area contributed by atoms with Gasteiger partial charge in [-0.3, -0.25) is 16.3 Å². The van der Waals surface area contributed by atoms with E-state index in [1.807, 2.05) is 16.4 Å². The zero-order valence-corrected chi connectivity index (χ0v) is 14.5. The van der Waals surface area contributed by atoms with Gasteiger partial charge in [0, 0.05) is 0 Å². The van der Waals surface area contributed by atoms with Crippen molar-refractivity contribution >= 4 is 56.9 Å². The first kappa shape index (κ1) is 22.6. The molecule has 0 rings (SSSR count). The molecule has 0 aromatic rings. The Labute approximate surface area is 151 Å². The Bertz CT molecular complexity index is 606. The highest BCUT2D eigenvalue weighted by Gasteiger charge is 2.28. The number of thiocarbonyl (C=S) groups is 2. The summed E-state index contributed by atoms with van der Waals surface area (Å²) in [5, 5.41) is 5.10. The molecule has 25 heavy (non-hydrogen) atoms. The van der Waals surface area contributed by atoms with Crippen LogP contribution in [0.25, 0.3) is 0 Å². The molecule has 4 amide bonds. The SMILES string of the molecule is NC(=O)NNN(N(NC(N)=O)NC(N)=S)N(NC(N)=S)NS(N)(=O)=O. The summed E-state index contributed by atoms with van der Waals surface area (Å²) in [5.41, 5.74) is 30.3. The molecule has 0 aliphatic heterocycles. The van der Waals surface area contributed by atoms with Gasteiger partial charge in [-0.1, -0.05) is 4.83 Å². The summed E-state index contributed by atoms with van der Waals surface area (Å²) in [5.74, 6) is 0. The van der Waals surface area contributed by atoms with Crippen LogP contribution in [0, 0.1) is 0 Å². The molecule has 0 radical (unpaired) electrons. The number of carbonyl (C=O) groups excluding carboxylic acids is 2. The highest BCUT2D eigenvalue weighted by Crippen LogP contribution is 1.91. The van der Waals surface area contributed by atoms with Gasteiger partial charge in [0.1, 0.15) is 0 Å². The molecule has 21 heteroatoms. The van der Waals surface area contributed by atoms with Gasteiger partial charge in [-0.15, -0.1) is 5.53 Å². The molecule has 0 aromatic heterocycles. The topological polar surface area (TPSA) is 280 Å². The number of amides is 4. The van der Waals surface area contributed by atoms with Crippen LogP contribution in [0.3, 0.4) is 0 Å². The van der Waals surface area contributed by atoms with Crippen molar-refractivity contribution in [3.05, 3.63) is 0 Å². The van der Waals surface area contributed by atoms with Crippen LogP contribution in [0.4, 0.5) is 9.59 Å². The number of hydrogen-bond donors (Lipinski definition) is 11. The van der Waals surface area contributed by atoms with E-state index in [0.29, 0.717) is 15.7 Å². The molecule has 0 bridgehead atoms. The molecule has 0 aliphatic carbocycles. The third-order valence-corrected chi connectivity index (χ3v) is 2.13. The minimum atomic E-state index is -4.43. The number of primary amides is 2. The Kier molecular flexibility index (Phi) is 8.88. The smallest absolute Gasteiger partial charge is 0.329 e. The van der Waals surface area contributed by atoms with E-state index in [4.69, 9.17) is 28.1 Å². The fourth-order valence-electron chi connectivity index (χ4n) is 0.960. The summed E-state index contributed by atoms with van der Waals surface area (Å²) >= 11 is 9.14. The molecule has 144 valence electrons. The molecule has 0 saturated carbocycles. The van der Waals surface area contributed by atoms with E-state index in [1.54, 1.807) is 4.83 Å². The number of carbonyl (C=O) groups is 2. The van der Waals surface area contributed by atoms with Crippen molar-refractivity contribution in [3.63, 3.8) is 0 Å². The lowest BCUT2D eigenvalue weighted by molar-refractivity contribution is -0.281. The van der Waals surface area contributed by atoms with Crippen molar-refractivity contribution in [2.45, 2.75) is 0 Å². The zero-order chi connectivity index (χ0) is 19.8. The Morgan fingerprint density at radius 2 is 1.32 bits per heavy atom. The van der Waals surface area contributed by atoms with Gasteiger partial charge in [0.2, 0.25) is 0 Å². The minimum Gasteiger partial charge on any atom is -0.375 e. The van der Waals surface area contributed by atoms with Gasteiger partial charge in [-0.2, -0.15) is 8.42 Å². The molecule has 0 heterocycles. The Morgan fingerprint density at radius 1 is 0.840 bits per heavy atom. The maximum atomic E-state index is 11.3. The molecular formula is C4H16N14O4S3. The molecule has 18 nitrogen and oxygen atoms in total. The van der Waals surface area contributed by atoms with Gasteiger partial charge in [-0.05, 0) is 40.1 Å². The zero-order valence-electron chi connectivity index (χ0n) is 12.1. The number of hydrogen-bond acceptors (Lipinski definition) is 10. The number of urea groups is 2. The molecular weight excluding hydrogens is 404 g/mol. The van der Waals surface area contributed by atoms with E-state index in [0.717, 1.165) is 0 Å². The largest absolute Gasteiger partial charge is 0.375 e.